The summed E-state index contributed by atoms with van der Waals surface area (Å²) in [4.78, 5) is 13.9. The van der Waals surface area contributed by atoms with Crippen LogP contribution >= 0.6 is 24.8 Å². The van der Waals surface area contributed by atoms with Crippen LogP contribution in [0, 0.1) is 0 Å². The smallest absolute Gasteiger partial charge is 0.237 e. The highest BCUT2D eigenvalue weighted by Gasteiger charge is 2.27. The Morgan fingerprint density at radius 3 is 2.44 bits per heavy atom. The molecule has 0 spiro atoms. The molecule has 0 bridgehead atoms. The SMILES string of the molecule is CCN(CC)CCNC(=O)C1CC(O)CN1.Cl.Cl. The molecule has 0 saturated carbocycles. The lowest BCUT2D eigenvalue weighted by Gasteiger charge is -2.18. The molecule has 0 aromatic rings. The summed E-state index contributed by atoms with van der Waals surface area (Å²) in [5.74, 6) is 0.00343. The van der Waals surface area contributed by atoms with Gasteiger partial charge in [0, 0.05) is 19.6 Å². The Hall–Kier alpha value is -0.0700. The number of β-amino-alcohol motifs (C(OH)–C–C–N with tert-alkyl or cyclic N) is 1. The van der Waals surface area contributed by atoms with E-state index in [1.807, 2.05) is 0 Å². The molecule has 2 unspecified atom stereocenters. The third-order valence-corrected chi connectivity index (χ3v) is 3.05. The van der Waals surface area contributed by atoms with E-state index in [2.05, 4.69) is 29.4 Å². The van der Waals surface area contributed by atoms with Gasteiger partial charge in [-0.1, -0.05) is 13.8 Å². The van der Waals surface area contributed by atoms with Crippen molar-refractivity contribution in [3.05, 3.63) is 0 Å². The predicted molar refractivity (Wildman–Crippen MR) is 77.7 cm³/mol. The standard InChI is InChI=1S/C11H23N3O2.2ClH/c1-3-14(4-2)6-5-12-11(16)10-7-9(15)8-13-10;;/h9-10,13,15H,3-8H2,1-2H3,(H,12,16);2*1H. The molecular weight excluding hydrogens is 277 g/mol. The Kier molecular flexibility index (Phi) is 12.2. The largest absolute Gasteiger partial charge is 0.392 e. The quantitative estimate of drug-likeness (QED) is 0.647. The number of rotatable bonds is 6. The first-order chi connectivity index (χ1) is 7.67. The van der Waals surface area contributed by atoms with Gasteiger partial charge in [0.1, 0.15) is 0 Å². The van der Waals surface area contributed by atoms with Gasteiger partial charge in [0.2, 0.25) is 5.91 Å². The van der Waals surface area contributed by atoms with E-state index in [0.717, 1.165) is 19.6 Å². The van der Waals surface area contributed by atoms with Crippen molar-refractivity contribution < 1.29 is 9.90 Å². The van der Waals surface area contributed by atoms with Crippen molar-refractivity contribution in [1.82, 2.24) is 15.5 Å². The van der Waals surface area contributed by atoms with Crippen molar-refractivity contribution in [2.24, 2.45) is 0 Å². The zero-order valence-corrected chi connectivity index (χ0v) is 12.6. The van der Waals surface area contributed by atoms with Gasteiger partial charge in [0.15, 0.2) is 0 Å². The predicted octanol–water partition coefficient (Wildman–Crippen LogP) is 0.0108. The Balaban J connectivity index is 0. The van der Waals surface area contributed by atoms with Crippen LogP contribution in [0.4, 0.5) is 0 Å². The van der Waals surface area contributed by atoms with E-state index in [4.69, 9.17) is 0 Å². The lowest BCUT2D eigenvalue weighted by molar-refractivity contribution is -0.123. The van der Waals surface area contributed by atoms with Crippen molar-refractivity contribution in [2.75, 3.05) is 32.7 Å². The van der Waals surface area contributed by atoms with Gasteiger partial charge in [-0.25, -0.2) is 0 Å². The van der Waals surface area contributed by atoms with E-state index in [9.17, 15) is 9.90 Å². The fourth-order valence-corrected chi connectivity index (χ4v) is 1.92. The number of carbonyl (C=O) groups excluding carboxylic acids is 1. The van der Waals surface area contributed by atoms with Crippen LogP contribution in [-0.2, 0) is 4.79 Å². The number of nitrogens with one attached hydrogen (secondary N) is 2. The number of hydrogen-bond acceptors (Lipinski definition) is 4. The average Bonchev–Trinajstić information content (AvgIpc) is 2.71. The summed E-state index contributed by atoms with van der Waals surface area (Å²) in [5, 5.41) is 15.2. The maximum atomic E-state index is 11.6. The number of aliphatic hydroxyl groups excluding tert-OH is 1. The van der Waals surface area contributed by atoms with Crippen molar-refractivity contribution in [3.8, 4) is 0 Å². The molecule has 1 aliphatic heterocycles. The summed E-state index contributed by atoms with van der Waals surface area (Å²) in [6.07, 6.45) is 0.149. The molecule has 0 radical (unpaired) electrons. The minimum Gasteiger partial charge on any atom is -0.392 e. The van der Waals surface area contributed by atoms with Crippen LogP contribution in [0.2, 0.25) is 0 Å². The second-order valence-corrected chi connectivity index (χ2v) is 4.17. The number of aliphatic hydroxyl groups is 1. The first kappa shape index (κ1) is 20.3. The Morgan fingerprint density at radius 2 is 2.00 bits per heavy atom. The molecule has 2 atom stereocenters. The third kappa shape index (κ3) is 6.75. The van der Waals surface area contributed by atoms with E-state index in [1.54, 1.807) is 0 Å². The molecule has 18 heavy (non-hydrogen) atoms. The molecule has 1 saturated heterocycles. The second kappa shape index (κ2) is 10.8. The minimum absolute atomic E-state index is 0. The van der Waals surface area contributed by atoms with Crippen LogP contribution in [0.5, 0.6) is 0 Å². The monoisotopic (exact) mass is 301 g/mol. The molecule has 110 valence electrons. The summed E-state index contributed by atoms with van der Waals surface area (Å²) >= 11 is 0. The molecule has 1 aliphatic rings. The second-order valence-electron chi connectivity index (χ2n) is 4.17. The zero-order valence-electron chi connectivity index (χ0n) is 11.0. The number of halogens is 2. The van der Waals surface area contributed by atoms with Gasteiger partial charge in [-0.15, -0.1) is 24.8 Å². The van der Waals surface area contributed by atoms with Gasteiger partial charge < -0.3 is 20.6 Å². The molecule has 0 aromatic carbocycles. The van der Waals surface area contributed by atoms with E-state index >= 15 is 0 Å². The van der Waals surface area contributed by atoms with Gasteiger partial charge in [0.25, 0.3) is 0 Å². The van der Waals surface area contributed by atoms with Crippen molar-refractivity contribution >= 4 is 30.7 Å². The van der Waals surface area contributed by atoms with Crippen LogP contribution in [0.15, 0.2) is 0 Å². The van der Waals surface area contributed by atoms with Crippen molar-refractivity contribution in [1.29, 1.82) is 0 Å². The summed E-state index contributed by atoms with van der Waals surface area (Å²) in [6.45, 7) is 8.32. The van der Waals surface area contributed by atoms with Crippen LogP contribution < -0.4 is 10.6 Å². The van der Waals surface area contributed by atoms with Gasteiger partial charge in [-0.2, -0.15) is 0 Å². The summed E-state index contributed by atoms with van der Waals surface area (Å²) in [5.41, 5.74) is 0. The highest BCUT2D eigenvalue weighted by molar-refractivity contribution is 5.85. The topological polar surface area (TPSA) is 64.6 Å². The molecule has 1 rings (SSSR count). The summed E-state index contributed by atoms with van der Waals surface area (Å²) < 4.78 is 0. The maximum absolute atomic E-state index is 11.6. The molecule has 1 fully saturated rings. The van der Waals surface area contributed by atoms with E-state index < -0.39 is 0 Å². The Labute approximate surface area is 122 Å². The molecule has 1 amide bonds. The van der Waals surface area contributed by atoms with Gasteiger partial charge >= 0.3 is 0 Å². The van der Waals surface area contributed by atoms with E-state index in [-0.39, 0.29) is 42.9 Å². The summed E-state index contributed by atoms with van der Waals surface area (Å²) in [6, 6.07) is -0.216. The van der Waals surface area contributed by atoms with Crippen molar-refractivity contribution in [2.45, 2.75) is 32.4 Å². The van der Waals surface area contributed by atoms with E-state index in [0.29, 0.717) is 19.5 Å². The molecule has 7 heteroatoms. The number of carbonyl (C=O) groups is 1. The lowest BCUT2D eigenvalue weighted by Crippen LogP contribution is -2.43. The number of hydrogen-bond donors (Lipinski definition) is 3. The average molecular weight is 302 g/mol. The van der Waals surface area contributed by atoms with Crippen LogP contribution in [-0.4, -0.2) is 60.8 Å². The number of amides is 1. The number of nitrogens with zero attached hydrogens (tertiary/aromatic N) is 1. The molecule has 5 nitrogen and oxygen atoms in total. The third-order valence-electron chi connectivity index (χ3n) is 3.05. The molecular formula is C11H25Cl2N3O2. The first-order valence-corrected chi connectivity index (χ1v) is 6.08. The molecule has 1 heterocycles. The van der Waals surface area contributed by atoms with Crippen LogP contribution in [0.25, 0.3) is 0 Å². The summed E-state index contributed by atoms with van der Waals surface area (Å²) in [7, 11) is 0. The highest BCUT2D eigenvalue weighted by atomic mass is 35.5. The fourth-order valence-electron chi connectivity index (χ4n) is 1.92. The fraction of sp³-hybridized carbons (Fsp3) is 0.909. The van der Waals surface area contributed by atoms with Gasteiger partial charge in [-0.3, -0.25) is 4.79 Å². The Bertz CT molecular complexity index is 228. The molecule has 3 N–H and O–H groups in total. The van der Waals surface area contributed by atoms with Gasteiger partial charge in [-0.05, 0) is 19.5 Å². The minimum atomic E-state index is -0.376. The molecule has 0 aromatic heterocycles. The van der Waals surface area contributed by atoms with Gasteiger partial charge in [0.05, 0.1) is 12.1 Å². The van der Waals surface area contributed by atoms with Crippen LogP contribution in [0.3, 0.4) is 0 Å². The highest BCUT2D eigenvalue weighted by Crippen LogP contribution is 2.05. The van der Waals surface area contributed by atoms with Crippen LogP contribution in [0.1, 0.15) is 20.3 Å². The normalized spacial score (nSPS) is 22.2. The zero-order chi connectivity index (χ0) is 12.0. The van der Waals surface area contributed by atoms with E-state index in [1.165, 1.54) is 0 Å². The maximum Gasteiger partial charge on any atom is 0.237 e. The lowest BCUT2D eigenvalue weighted by atomic mass is 10.2. The molecule has 0 aliphatic carbocycles. The van der Waals surface area contributed by atoms with Crippen molar-refractivity contribution in [3.63, 3.8) is 0 Å². The Morgan fingerprint density at radius 1 is 1.39 bits per heavy atom. The first-order valence-electron chi connectivity index (χ1n) is 6.08. The number of likely N-dealkylation sites (N-methyl/N-ethyl adjacent to an activating group) is 1.